The molecule has 1 fully saturated rings. The lowest BCUT2D eigenvalue weighted by molar-refractivity contribution is -0.135. The number of likely N-dealkylation sites (N-methyl/N-ethyl adjacent to an activating group) is 1. The predicted molar refractivity (Wildman–Crippen MR) is 76.5 cm³/mol. The molecule has 5 nitrogen and oxygen atoms in total. The number of benzene rings is 1. The van der Waals surface area contributed by atoms with Crippen LogP contribution in [0.15, 0.2) is 24.3 Å². The zero-order valence-corrected chi connectivity index (χ0v) is 11.6. The van der Waals surface area contributed by atoms with Gasteiger partial charge in [-0.15, -0.1) is 0 Å². The molecule has 0 spiro atoms. The second-order valence-corrected chi connectivity index (χ2v) is 5.49. The Kier molecular flexibility index (Phi) is 3.44. The molecule has 1 aromatic rings. The summed E-state index contributed by atoms with van der Waals surface area (Å²) in [4.78, 5) is 26.3. The summed E-state index contributed by atoms with van der Waals surface area (Å²) in [5, 5.41) is 6.10. The number of fused-ring (bicyclic) bond motifs is 1. The van der Waals surface area contributed by atoms with Crippen LogP contribution in [0.2, 0.25) is 0 Å². The first kappa shape index (κ1) is 13.1. The van der Waals surface area contributed by atoms with Crippen molar-refractivity contribution in [3.8, 4) is 0 Å². The van der Waals surface area contributed by atoms with Gasteiger partial charge < -0.3 is 15.5 Å². The minimum atomic E-state index is -0.356. The third kappa shape index (κ3) is 2.29. The Bertz CT molecular complexity index is 538. The molecule has 2 atom stereocenters. The van der Waals surface area contributed by atoms with Gasteiger partial charge in [-0.05, 0) is 24.6 Å². The van der Waals surface area contributed by atoms with E-state index in [0.29, 0.717) is 0 Å². The van der Waals surface area contributed by atoms with E-state index in [1.165, 1.54) is 0 Å². The molecule has 5 heteroatoms. The van der Waals surface area contributed by atoms with Gasteiger partial charge in [0.1, 0.15) is 0 Å². The fourth-order valence-corrected chi connectivity index (χ4v) is 3.03. The number of nitrogens with zero attached hydrogens (tertiary/aromatic N) is 1. The molecule has 0 aliphatic carbocycles. The SMILES string of the molecule is CN(C(=O)C1CC(=O)Nc2ccccc21)C1CCNC1. The summed E-state index contributed by atoms with van der Waals surface area (Å²) in [6.45, 7) is 1.78. The van der Waals surface area contributed by atoms with E-state index in [2.05, 4.69) is 10.6 Å². The van der Waals surface area contributed by atoms with Gasteiger partial charge in [-0.3, -0.25) is 9.59 Å². The quantitative estimate of drug-likeness (QED) is 0.843. The van der Waals surface area contributed by atoms with E-state index in [4.69, 9.17) is 0 Å². The van der Waals surface area contributed by atoms with Gasteiger partial charge >= 0.3 is 0 Å². The van der Waals surface area contributed by atoms with Crippen molar-refractivity contribution in [1.82, 2.24) is 10.2 Å². The molecule has 0 saturated carbocycles. The van der Waals surface area contributed by atoms with E-state index in [1.54, 1.807) is 4.90 Å². The van der Waals surface area contributed by atoms with Crippen molar-refractivity contribution in [3.05, 3.63) is 29.8 Å². The Balaban J connectivity index is 1.85. The van der Waals surface area contributed by atoms with E-state index >= 15 is 0 Å². The predicted octanol–water partition coefficient (Wildman–Crippen LogP) is 0.933. The van der Waals surface area contributed by atoms with Crippen molar-refractivity contribution in [2.75, 3.05) is 25.5 Å². The molecule has 0 radical (unpaired) electrons. The molecule has 2 amide bonds. The summed E-state index contributed by atoms with van der Waals surface area (Å²) in [6, 6.07) is 7.80. The molecule has 1 aromatic carbocycles. The fraction of sp³-hybridized carbons (Fsp3) is 0.467. The molecule has 0 aromatic heterocycles. The average Bonchev–Trinajstić information content (AvgIpc) is 2.99. The zero-order valence-electron chi connectivity index (χ0n) is 11.6. The molecule has 2 unspecified atom stereocenters. The highest BCUT2D eigenvalue weighted by Crippen LogP contribution is 2.33. The Hall–Kier alpha value is -1.88. The van der Waals surface area contributed by atoms with E-state index in [0.717, 1.165) is 30.8 Å². The van der Waals surface area contributed by atoms with Crippen LogP contribution in [-0.4, -0.2) is 42.9 Å². The van der Waals surface area contributed by atoms with Crippen LogP contribution in [0.3, 0.4) is 0 Å². The van der Waals surface area contributed by atoms with Crippen LogP contribution < -0.4 is 10.6 Å². The lowest BCUT2D eigenvalue weighted by atomic mass is 9.89. The number of hydrogen-bond donors (Lipinski definition) is 2. The van der Waals surface area contributed by atoms with Gasteiger partial charge in [0.2, 0.25) is 11.8 Å². The summed E-state index contributed by atoms with van der Waals surface area (Å²) in [5.74, 6) is -0.397. The fourth-order valence-electron chi connectivity index (χ4n) is 3.03. The second-order valence-electron chi connectivity index (χ2n) is 5.49. The summed E-state index contributed by atoms with van der Waals surface area (Å²) in [6.07, 6.45) is 1.21. The molecule has 2 heterocycles. The number of anilines is 1. The Morgan fingerprint density at radius 1 is 1.35 bits per heavy atom. The van der Waals surface area contributed by atoms with Crippen LogP contribution in [0.4, 0.5) is 5.69 Å². The number of carbonyl (C=O) groups is 2. The summed E-state index contributed by atoms with van der Waals surface area (Å²) >= 11 is 0. The number of amides is 2. The Morgan fingerprint density at radius 2 is 2.15 bits per heavy atom. The first-order valence-electron chi connectivity index (χ1n) is 7.03. The summed E-state index contributed by atoms with van der Waals surface area (Å²) < 4.78 is 0. The first-order valence-corrected chi connectivity index (χ1v) is 7.03. The van der Waals surface area contributed by atoms with Gasteiger partial charge in [0.05, 0.1) is 5.92 Å². The number of nitrogens with one attached hydrogen (secondary N) is 2. The maximum atomic E-state index is 12.7. The van der Waals surface area contributed by atoms with E-state index in [1.807, 2.05) is 31.3 Å². The molecule has 1 saturated heterocycles. The standard InChI is InChI=1S/C15H19N3O2/c1-18(10-6-7-16-9-10)15(20)12-8-14(19)17-13-5-3-2-4-11(12)13/h2-5,10,12,16H,6-9H2,1H3,(H,17,19). The summed E-state index contributed by atoms with van der Waals surface area (Å²) in [7, 11) is 1.84. The van der Waals surface area contributed by atoms with Crippen LogP contribution in [0.25, 0.3) is 0 Å². The molecule has 106 valence electrons. The van der Waals surface area contributed by atoms with Crippen LogP contribution in [-0.2, 0) is 9.59 Å². The van der Waals surface area contributed by atoms with Crippen LogP contribution >= 0.6 is 0 Å². The molecule has 2 aliphatic heterocycles. The normalized spacial score (nSPS) is 24.9. The maximum absolute atomic E-state index is 12.7. The summed E-state index contributed by atoms with van der Waals surface area (Å²) in [5.41, 5.74) is 1.69. The Labute approximate surface area is 118 Å². The minimum absolute atomic E-state index is 0.0426. The van der Waals surface area contributed by atoms with Gasteiger partial charge in [-0.2, -0.15) is 0 Å². The molecular formula is C15H19N3O2. The lowest BCUT2D eigenvalue weighted by Gasteiger charge is -2.31. The zero-order chi connectivity index (χ0) is 14.1. The smallest absolute Gasteiger partial charge is 0.230 e. The van der Waals surface area contributed by atoms with E-state index in [-0.39, 0.29) is 30.2 Å². The highest BCUT2D eigenvalue weighted by Gasteiger charge is 2.34. The van der Waals surface area contributed by atoms with Gasteiger partial charge in [0.25, 0.3) is 0 Å². The average molecular weight is 273 g/mol. The van der Waals surface area contributed by atoms with E-state index in [9.17, 15) is 9.59 Å². The molecular weight excluding hydrogens is 254 g/mol. The highest BCUT2D eigenvalue weighted by molar-refractivity contribution is 6.01. The number of hydrogen-bond acceptors (Lipinski definition) is 3. The van der Waals surface area contributed by atoms with Gasteiger partial charge in [0, 0.05) is 31.7 Å². The molecule has 0 bridgehead atoms. The third-order valence-corrected chi connectivity index (χ3v) is 4.23. The largest absolute Gasteiger partial charge is 0.341 e. The van der Waals surface area contributed by atoms with Gasteiger partial charge in [-0.1, -0.05) is 18.2 Å². The van der Waals surface area contributed by atoms with Crippen molar-refractivity contribution in [2.24, 2.45) is 0 Å². The van der Waals surface area contributed by atoms with E-state index < -0.39 is 0 Å². The molecule has 20 heavy (non-hydrogen) atoms. The van der Waals surface area contributed by atoms with Crippen LogP contribution in [0.1, 0.15) is 24.3 Å². The molecule has 2 N–H and O–H groups in total. The number of carbonyl (C=O) groups excluding carboxylic acids is 2. The topological polar surface area (TPSA) is 61.4 Å². The van der Waals surface area contributed by atoms with Gasteiger partial charge in [0.15, 0.2) is 0 Å². The van der Waals surface area contributed by atoms with Crippen molar-refractivity contribution in [1.29, 1.82) is 0 Å². The van der Waals surface area contributed by atoms with Crippen LogP contribution in [0, 0.1) is 0 Å². The van der Waals surface area contributed by atoms with Crippen LogP contribution in [0.5, 0.6) is 0 Å². The second kappa shape index (κ2) is 5.25. The lowest BCUT2D eigenvalue weighted by Crippen LogP contribution is -2.43. The van der Waals surface area contributed by atoms with Crippen molar-refractivity contribution in [3.63, 3.8) is 0 Å². The Morgan fingerprint density at radius 3 is 2.90 bits per heavy atom. The van der Waals surface area contributed by atoms with Gasteiger partial charge in [-0.25, -0.2) is 0 Å². The molecule has 2 aliphatic rings. The maximum Gasteiger partial charge on any atom is 0.230 e. The molecule has 3 rings (SSSR count). The minimum Gasteiger partial charge on any atom is -0.341 e. The number of rotatable bonds is 2. The monoisotopic (exact) mass is 273 g/mol. The first-order chi connectivity index (χ1) is 9.66. The third-order valence-electron chi connectivity index (χ3n) is 4.23. The van der Waals surface area contributed by atoms with Crippen molar-refractivity contribution in [2.45, 2.75) is 24.8 Å². The van der Waals surface area contributed by atoms with Crippen molar-refractivity contribution >= 4 is 17.5 Å². The number of para-hydroxylation sites is 1. The van der Waals surface area contributed by atoms with Crippen molar-refractivity contribution < 1.29 is 9.59 Å². The highest BCUT2D eigenvalue weighted by atomic mass is 16.2.